The predicted molar refractivity (Wildman–Crippen MR) is 123 cm³/mol. The van der Waals surface area contributed by atoms with Crippen molar-refractivity contribution >= 4 is 34.2 Å². The maximum Gasteiger partial charge on any atom is 0.341 e. The molecule has 0 radical (unpaired) electrons. The van der Waals surface area contributed by atoms with Crippen LogP contribution in [0.15, 0.2) is 18.2 Å². The lowest BCUT2D eigenvalue weighted by Gasteiger charge is -2.20. The van der Waals surface area contributed by atoms with E-state index in [0.717, 1.165) is 55.4 Å². The Bertz CT molecular complexity index is 1120. The van der Waals surface area contributed by atoms with Crippen LogP contribution < -0.4 is 5.32 Å². The van der Waals surface area contributed by atoms with Gasteiger partial charge < -0.3 is 14.8 Å². The van der Waals surface area contributed by atoms with Gasteiger partial charge in [0.15, 0.2) is 0 Å². The number of carbonyl (C=O) groups excluding carboxylic acids is 3. The van der Waals surface area contributed by atoms with Crippen molar-refractivity contribution in [2.24, 2.45) is 5.92 Å². The Morgan fingerprint density at radius 3 is 2.64 bits per heavy atom. The molecule has 0 bridgehead atoms. The van der Waals surface area contributed by atoms with Gasteiger partial charge in [-0.2, -0.15) is 5.26 Å². The molecule has 1 amide bonds. The molecule has 2 aromatic rings. The van der Waals surface area contributed by atoms with E-state index in [1.54, 1.807) is 6.07 Å². The highest BCUT2D eigenvalue weighted by atomic mass is 32.1. The number of esters is 2. The SMILES string of the molecule is COC(=O)c1cc(COC(=O)c2c(NC(=O)C3CCCCC3)sc3c2CCC3)ccc1C#N. The summed E-state index contributed by atoms with van der Waals surface area (Å²) in [6.07, 6.45) is 7.74. The van der Waals surface area contributed by atoms with E-state index < -0.39 is 11.9 Å². The monoisotopic (exact) mass is 466 g/mol. The molecular weight excluding hydrogens is 440 g/mol. The second-order valence-electron chi connectivity index (χ2n) is 8.45. The van der Waals surface area contributed by atoms with Gasteiger partial charge in [0.2, 0.25) is 5.91 Å². The fourth-order valence-electron chi connectivity index (χ4n) is 4.57. The molecule has 0 spiro atoms. The molecule has 1 N–H and O–H groups in total. The summed E-state index contributed by atoms with van der Waals surface area (Å²) >= 11 is 1.48. The zero-order chi connectivity index (χ0) is 23.4. The van der Waals surface area contributed by atoms with Crippen molar-refractivity contribution in [2.45, 2.75) is 58.0 Å². The molecule has 1 aromatic carbocycles. The smallest absolute Gasteiger partial charge is 0.341 e. The lowest BCUT2D eigenvalue weighted by atomic mass is 9.89. The van der Waals surface area contributed by atoms with Crippen LogP contribution in [0.4, 0.5) is 5.00 Å². The predicted octanol–water partition coefficient (Wildman–Crippen LogP) is 4.77. The van der Waals surface area contributed by atoms with Crippen LogP contribution in [0.3, 0.4) is 0 Å². The summed E-state index contributed by atoms with van der Waals surface area (Å²) in [5.74, 6) is -1.13. The number of ether oxygens (including phenoxy) is 2. The van der Waals surface area contributed by atoms with Crippen LogP contribution in [0.25, 0.3) is 0 Å². The average molecular weight is 467 g/mol. The van der Waals surface area contributed by atoms with E-state index >= 15 is 0 Å². The van der Waals surface area contributed by atoms with Crippen LogP contribution in [-0.4, -0.2) is 25.0 Å². The first-order valence-corrected chi connectivity index (χ1v) is 12.1. The Balaban J connectivity index is 1.51. The second kappa shape index (κ2) is 10.2. The van der Waals surface area contributed by atoms with Crippen molar-refractivity contribution < 1.29 is 23.9 Å². The molecule has 0 atom stereocenters. The number of hydrogen-bond donors (Lipinski definition) is 1. The largest absolute Gasteiger partial charge is 0.465 e. The third-order valence-corrected chi connectivity index (χ3v) is 7.53. The lowest BCUT2D eigenvalue weighted by molar-refractivity contribution is -0.120. The van der Waals surface area contributed by atoms with Gasteiger partial charge in [0.05, 0.1) is 23.8 Å². The standard InChI is InChI=1S/C25H26N2O5S/c1-31-24(29)19-12-15(10-11-17(19)13-26)14-32-25(30)21-18-8-5-9-20(18)33-23(21)27-22(28)16-6-3-2-4-7-16/h10-12,16H,2-9,14H2,1H3,(H,27,28). The first-order valence-electron chi connectivity index (χ1n) is 11.3. The molecule has 33 heavy (non-hydrogen) atoms. The van der Waals surface area contributed by atoms with E-state index in [-0.39, 0.29) is 29.6 Å². The molecule has 1 heterocycles. The van der Waals surface area contributed by atoms with Crippen LogP contribution in [0, 0.1) is 17.2 Å². The van der Waals surface area contributed by atoms with E-state index in [9.17, 15) is 19.6 Å². The van der Waals surface area contributed by atoms with Gasteiger partial charge in [0.25, 0.3) is 0 Å². The minimum Gasteiger partial charge on any atom is -0.465 e. The van der Waals surface area contributed by atoms with Crippen molar-refractivity contribution in [1.82, 2.24) is 0 Å². The first-order chi connectivity index (χ1) is 16.0. The van der Waals surface area contributed by atoms with Crippen LogP contribution in [0.2, 0.25) is 0 Å². The normalized spacial score (nSPS) is 15.4. The van der Waals surface area contributed by atoms with E-state index in [2.05, 4.69) is 5.32 Å². The second-order valence-corrected chi connectivity index (χ2v) is 9.55. The average Bonchev–Trinajstić information content (AvgIpc) is 3.43. The number of benzene rings is 1. The highest BCUT2D eigenvalue weighted by Gasteiger charge is 2.30. The summed E-state index contributed by atoms with van der Waals surface area (Å²) in [6.45, 7) is -0.0603. The minimum atomic E-state index is -0.622. The molecule has 1 fully saturated rings. The summed E-state index contributed by atoms with van der Waals surface area (Å²) in [5, 5.41) is 12.8. The molecule has 2 aliphatic rings. The van der Waals surface area contributed by atoms with Crippen molar-refractivity contribution in [1.29, 1.82) is 5.26 Å². The number of carbonyl (C=O) groups is 3. The maximum atomic E-state index is 13.1. The summed E-state index contributed by atoms with van der Waals surface area (Å²) in [7, 11) is 1.25. The highest BCUT2D eigenvalue weighted by molar-refractivity contribution is 7.17. The van der Waals surface area contributed by atoms with Crippen LogP contribution >= 0.6 is 11.3 Å². The van der Waals surface area contributed by atoms with Crippen molar-refractivity contribution in [3.63, 3.8) is 0 Å². The van der Waals surface area contributed by atoms with Gasteiger partial charge in [-0.15, -0.1) is 11.3 Å². The van der Waals surface area contributed by atoms with Gasteiger partial charge in [0.1, 0.15) is 17.7 Å². The fraction of sp³-hybridized carbons (Fsp3) is 0.440. The Kier molecular flexibility index (Phi) is 7.09. The van der Waals surface area contributed by atoms with E-state index in [4.69, 9.17) is 9.47 Å². The molecule has 8 heteroatoms. The zero-order valence-corrected chi connectivity index (χ0v) is 19.4. The molecular formula is C25H26N2O5S. The van der Waals surface area contributed by atoms with E-state index in [0.29, 0.717) is 16.1 Å². The quantitative estimate of drug-likeness (QED) is 0.615. The number of nitriles is 1. The Hall–Kier alpha value is -3.18. The molecule has 7 nitrogen and oxygen atoms in total. The third kappa shape index (κ3) is 4.93. The van der Waals surface area contributed by atoms with Crippen molar-refractivity contribution in [3.05, 3.63) is 50.9 Å². The molecule has 2 aliphatic carbocycles. The maximum absolute atomic E-state index is 13.1. The number of aryl methyl sites for hydroxylation is 1. The number of methoxy groups -OCH3 is 1. The Morgan fingerprint density at radius 2 is 1.91 bits per heavy atom. The number of thiophene rings is 1. The number of fused-ring (bicyclic) bond motifs is 1. The van der Waals surface area contributed by atoms with Crippen molar-refractivity contribution in [2.75, 3.05) is 12.4 Å². The molecule has 4 rings (SSSR count). The number of anilines is 1. The van der Waals surface area contributed by atoms with Gasteiger partial charge in [-0.25, -0.2) is 9.59 Å². The van der Waals surface area contributed by atoms with Crippen LogP contribution in [0.1, 0.15) is 80.8 Å². The summed E-state index contributed by atoms with van der Waals surface area (Å²) in [4.78, 5) is 39.0. The highest BCUT2D eigenvalue weighted by Crippen LogP contribution is 2.40. The molecule has 0 aliphatic heterocycles. The third-order valence-electron chi connectivity index (χ3n) is 6.32. The summed E-state index contributed by atoms with van der Waals surface area (Å²) in [6, 6.07) is 6.61. The van der Waals surface area contributed by atoms with Gasteiger partial charge in [-0.1, -0.05) is 25.3 Å². The van der Waals surface area contributed by atoms with Gasteiger partial charge in [0, 0.05) is 10.8 Å². The summed E-state index contributed by atoms with van der Waals surface area (Å²) < 4.78 is 10.3. The molecule has 1 aromatic heterocycles. The lowest BCUT2D eigenvalue weighted by Crippen LogP contribution is -2.25. The van der Waals surface area contributed by atoms with E-state index in [1.807, 2.05) is 6.07 Å². The van der Waals surface area contributed by atoms with Gasteiger partial charge in [-0.3, -0.25) is 4.79 Å². The summed E-state index contributed by atoms with van der Waals surface area (Å²) in [5.41, 5.74) is 2.32. The number of hydrogen-bond acceptors (Lipinski definition) is 7. The molecule has 0 unspecified atom stereocenters. The molecule has 1 saturated carbocycles. The Labute approximate surface area is 196 Å². The fourth-order valence-corrected chi connectivity index (χ4v) is 5.85. The number of nitrogens with one attached hydrogen (secondary N) is 1. The van der Waals surface area contributed by atoms with Crippen LogP contribution in [-0.2, 0) is 33.7 Å². The Morgan fingerprint density at radius 1 is 1.12 bits per heavy atom. The topological polar surface area (TPSA) is 105 Å². The number of rotatable bonds is 6. The minimum absolute atomic E-state index is 0.00467. The molecule has 0 saturated heterocycles. The van der Waals surface area contributed by atoms with Crippen molar-refractivity contribution in [3.8, 4) is 6.07 Å². The van der Waals surface area contributed by atoms with E-state index in [1.165, 1.54) is 37.0 Å². The zero-order valence-electron chi connectivity index (χ0n) is 18.6. The number of nitrogens with zero attached hydrogens (tertiary/aromatic N) is 1. The molecule has 172 valence electrons. The van der Waals surface area contributed by atoms with Gasteiger partial charge in [-0.05, 0) is 55.4 Å². The van der Waals surface area contributed by atoms with Gasteiger partial charge >= 0.3 is 11.9 Å². The number of amides is 1. The van der Waals surface area contributed by atoms with Crippen LogP contribution in [0.5, 0.6) is 0 Å². The first kappa shape index (κ1) is 23.0.